The summed E-state index contributed by atoms with van der Waals surface area (Å²) in [5.74, 6) is 0.224. The molecule has 1 aromatic heterocycles. The van der Waals surface area contributed by atoms with Crippen LogP contribution in [0.1, 0.15) is 23.6 Å². The number of benzene rings is 1. The maximum absolute atomic E-state index is 14.6. The van der Waals surface area contributed by atoms with Crippen molar-refractivity contribution in [2.75, 3.05) is 36.1 Å². The number of hydrogen-bond acceptors (Lipinski definition) is 8. The number of pyridine rings is 1. The van der Waals surface area contributed by atoms with Gasteiger partial charge in [-0.05, 0) is 30.2 Å². The molecule has 34 heavy (non-hydrogen) atoms. The van der Waals surface area contributed by atoms with Gasteiger partial charge in [-0.1, -0.05) is 18.2 Å². The van der Waals surface area contributed by atoms with Gasteiger partial charge in [0.25, 0.3) is 0 Å². The zero-order chi connectivity index (χ0) is 23.4. The fourth-order valence-corrected chi connectivity index (χ4v) is 5.30. The van der Waals surface area contributed by atoms with Crippen molar-refractivity contribution in [2.45, 2.75) is 37.5 Å². The van der Waals surface area contributed by atoms with Crippen LogP contribution in [0.25, 0.3) is 0 Å². The summed E-state index contributed by atoms with van der Waals surface area (Å²) in [5.41, 5.74) is 11.6. The molecule has 1 aromatic carbocycles. The number of aromatic nitrogens is 1. The summed E-state index contributed by atoms with van der Waals surface area (Å²) in [6.45, 7) is 4.21. The van der Waals surface area contributed by atoms with Crippen LogP contribution in [0.3, 0.4) is 0 Å². The van der Waals surface area contributed by atoms with Crippen LogP contribution in [0.5, 0.6) is 0 Å². The molecule has 4 fully saturated rings. The molecule has 11 heteroatoms. The van der Waals surface area contributed by atoms with Gasteiger partial charge in [0.2, 0.25) is 5.91 Å². The van der Waals surface area contributed by atoms with Gasteiger partial charge < -0.3 is 9.64 Å². The number of cyclic esters (lactones) is 1. The molecule has 178 valence electrons. The van der Waals surface area contributed by atoms with Crippen molar-refractivity contribution in [3.63, 3.8) is 0 Å². The maximum Gasteiger partial charge on any atom is 0.410 e. The molecule has 0 aliphatic carbocycles. The van der Waals surface area contributed by atoms with Gasteiger partial charge in [-0.15, -0.1) is 0 Å². The fourth-order valence-electron chi connectivity index (χ4n) is 5.30. The monoisotopic (exact) mass is 467 g/mol. The predicted molar refractivity (Wildman–Crippen MR) is 121 cm³/mol. The first-order valence-electron chi connectivity index (χ1n) is 11.5. The molecular weight excluding hydrogens is 441 g/mol. The van der Waals surface area contributed by atoms with Crippen molar-refractivity contribution in [1.82, 2.24) is 26.2 Å². The number of nitrogens with one attached hydrogen (secondary N) is 3. The third kappa shape index (κ3) is 3.47. The van der Waals surface area contributed by atoms with Gasteiger partial charge in [0, 0.05) is 38.3 Å². The Morgan fingerprint density at radius 1 is 1.15 bits per heavy atom. The molecule has 0 spiro atoms. The van der Waals surface area contributed by atoms with E-state index in [0.717, 1.165) is 11.4 Å². The predicted octanol–water partition coefficient (Wildman–Crippen LogP) is 0.998. The molecule has 0 saturated carbocycles. The number of aryl methyl sites for hydroxylation is 1. The lowest BCUT2D eigenvalue weighted by atomic mass is 9.94. The Balaban J connectivity index is 1.19. The first-order chi connectivity index (χ1) is 16.5. The number of carbonyl (C=O) groups is 2. The summed E-state index contributed by atoms with van der Waals surface area (Å²) in [4.78, 5) is 33.1. The van der Waals surface area contributed by atoms with E-state index in [1.165, 1.54) is 11.1 Å². The molecule has 4 unspecified atom stereocenters. The van der Waals surface area contributed by atoms with E-state index in [0.29, 0.717) is 31.8 Å². The molecule has 4 aliphatic rings. The first kappa shape index (κ1) is 21.3. The Morgan fingerprint density at radius 2 is 2.03 bits per heavy atom. The van der Waals surface area contributed by atoms with Gasteiger partial charge in [-0.2, -0.15) is 0 Å². The molecule has 4 atom stereocenters. The number of hydrogen-bond donors (Lipinski definition) is 3. The van der Waals surface area contributed by atoms with E-state index in [9.17, 15) is 14.0 Å². The normalized spacial score (nSPS) is 28.7. The highest BCUT2D eigenvalue weighted by Crippen LogP contribution is 2.32. The van der Waals surface area contributed by atoms with Crippen molar-refractivity contribution in [3.8, 4) is 0 Å². The zero-order valence-electron chi connectivity index (χ0n) is 18.7. The summed E-state index contributed by atoms with van der Waals surface area (Å²) in [6.07, 6.45) is 1.84. The quantitative estimate of drug-likeness (QED) is 0.615. The van der Waals surface area contributed by atoms with E-state index >= 15 is 0 Å². The molecule has 0 bridgehead atoms. The van der Waals surface area contributed by atoms with E-state index in [1.54, 1.807) is 24.0 Å². The molecule has 5 heterocycles. The molecule has 4 aliphatic heterocycles. The maximum atomic E-state index is 14.6. The second kappa shape index (κ2) is 8.19. The van der Waals surface area contributed by atoms with Gasteiger partial charge in [-0.25, -0.2) is 30.0 Å². The summed E-state index contributed by atoms with van der Waals surface area (Å²) in [7, 11) is 0. The number of hydrazine groups is 2. The molecule has 2 amide bonds. The lowest BCUT2D eigenvalue weighted by Gasteiger charge is -2.37. The first-order valence-corrected chi connectivity index (χ1v) is 11.5. The van der Waals surface area contributed by atoms with Crippen LogP contribution in [0.4, 0.5) is 20.7 Å². The molecule has 4 saturated heterocycles. The van der Waals surface area contributed by atoms with E-state index in [-0.39, 0.29) is 48.3 Å². The smallest absolute Gasteiger partial charge is 0.410 e. The highest BCUT2D eigenvalue weighted by molar-refractivity contribution is 5.94. The van der Waals surface area contributed by atoms with Crippen LogP contribution < -0.4 is 26.2 Å². The van der Waals surface area contributed by atoms with Crippen LogP contribution in [-0.2, 0) is 9.53 Å². The lowest BCUT2D eigenvalue weighted by Crippen LogP contribution is -2.60. The van der Waals surface area contributed by atoms with Crippen LogP contribution in [0.2, 0.25) is 0 Å². The number of nitrogens with zero attached hydrogens (tertiary/aromatic N) is 4. The Kier molecular flexibility index (Phi) is 5.12. The average Bonchev–Trinajstić information content (AvgIpc) is 3.42. The van der Waals surface area contributed by atoms with Gasteiger partial charge in [0.05, 0.1) is 23.8 Å². The van der Waals surface area contributed by atoms with E-state index in [2.05, 4.69) is 26.2 Å². The number of piperazine rings is 1. The van der Waals surface area contributed by atoms with Crippen molar-refractivity contribution >= 4 is 23.5 Å². The third-order valence-corrected chi connectivity index (χ3v) is 7.12. The Morgan fingerprint density at radius 3 is 2.82 bits per heavy atom. The second-order valence-corrected chi connectivity index (χ2v) is 9.19. The summed E-state index contributed by atoms with van der Waals surface area (Å²) in [5, 5.41) is 1.35. The number of anilines is 2. The standard InChI is InChI=1S/C23H26FN7O3/c1-13-3-2-4-16(24)22(13)31-19(32)9-17-21(28-31)20(27-26-17)14-5-6-18(25-10-14)29-7-8-30-15(11-29)12-34-23(30)33/h2-6,10,15,17,20-21,26-28H,7-9,11-12H2,1H3. The Bertz CT molecular complexity index is 1110. The third-order valence-electron chi connectivity index (χ3n) is 7.12. The molecule has 10 nitrogen and oxygen atoms in total. The van der Waals surface area contributed by atoms with Crippen molar-refractivity contribution < 1.29 is 18.7 Å². The van der Waals surface area contributed by atoms with Gasteiger partial charge in [-0.3, -0.25) is 15.1 Å². The van der Waals surface area contributed by atoms with E-state index in [1.807, 2.05) is 18.3 Å². The number of para-hydroxylation sites is 1. The SMILES string of the molecule is Cc1cccc(F)c1N1NC2C(CC1=O)NNC2c1ccc(N2CCN3C(=O)OCC3C2)nc1. The molecule has 2 aromatic rings. The van der Waals surface area contributed by atoms with Gasteiger partial charge in [0.1, 0.15) is 18.2 Å². The minimum absolute atomic E-state index is 0.0565. The Hall–Kier alpha value is -3.28. The Labute approximate surface area is 196 Å². The molecule has 6 rings (SSSR count). The van der Waals surface area contributed by atoms with Gasteiger partial charge >= 0.3 is 6.09 Å². The zero-order valence-corrected chi connectivity index (χ0v) is 18.7. The van der Waals surface area contributed by atoms with Crippen LogP contribution in [-0.4, -0.2) is 66.3 Å². The molecule has 0 radical (unpaired) electrons. The number of rotatable bonds is 3. The highest BCUT2D eigenvalue weighted by atomic mass is 19.1. The van der Waals surface area contributed by atoms with Crippen LogP contribution >= 0.6 is 0 Å². The summed E-state index contributed by atoms with van der Waals surface area (Å²) < 4.78 is 19.7. The molecule has 3 N–H and O–H groups in total. The number of halogens is 1. The van der Waals surface area contributed by atoms with Crippen LogP contribution in [0.15, 0.2) is 36.5 Å². The summed E-state index contributed by atoms with van der Waals surface area (Å²) in [6, 6.07) is 8.38. The van der Waals surface area contributed by atoms with Gasteiger partial charge in [0.15, 0.2) is 0 Å². The molecular formula is C23H26FN7O3. The lowest BCUT2D eigenvalue weighted by molar-refractivity contribution is -0.121. The minimum Gasteiger partial charge on any atom is -0.447 e. The topological polar surface area (TPSA) is 102 Å². The summed E-state index contributed by atoms with van der Waals surface area (Å²) >= 11 is 0. The average molecular weight is 468 g/mol. The van der Waals surface area contributed by atoms with Crippen LogP contribution in [0, 0.1) is 12.7 Å². The van der Waals surface area contributed by atoms with Crippen molar-refractivity contribution in [2.24, 2.45) is 0 Å². The minimum atomic E-state index is -0.435. The number of ether oxygens (including phenoxy) is 1. The largest absolute Gasteiger partial charge is 0.447 e. The number of amides is 2. The highest BCUT2D eigenvalue weighted by Gasteiger charge is 2.45. The second-order valence-electron chi connectivity index (χ2n) is 9.19. The number of carbonyl (C=O) groups excluding carboxylic acids is 2. The van der Waals surface area contributed by atoms with Crippen molar-refractivity contribution in [3.05, 3.63) is 53.5 Å². The van der Waals surface area contributed by atoms with E-state index < -0.39 is 5.82 Å². The van der Waals surface area contributed by atoms with Crippen molar-refractivity contribution in [1.29, 1.82) is 0 Å². The fraction of sp³-hybridized carbons (Fsp3) is 0.435. The van der Waals surface area contributed by atoms with E-state index in [4.69, 9.17) is 4.74 Å². The number of fused-ring (bicyclic) bond motifs is 2.